The van der Waals surface area contributed by atoms with Gasteiger partial charge in [-0.3, -0.25) is 24.0 Å². The zero-order chi connectivity index (χ0) is 54.1. The zero-order valence-electron chi connectivity index (χ0n) is 41.4. The summed E-state index contributed by atoms with van der Waals surface area (Å²) in [7, 11) is 2.99. The number of anilines is 2. The molecule has 8 N–H and O–H groups in total. The minimum absolute atomic E-state index is 0.0713. The van der Waals surface area contributed by atoms with Crippen molar-refractivity contribution in [3.05, 3.63) is 125 Å². The van der Waals surface area contributed by atoms with Gasteiger partial charge in [-0.15, -0.1) is 0 Å². The van der Waals surface area contributed by atoms with Gasteiger partial charge in [-0.25, -0.2) is 23.2 Å². The van der Waals surface area contributed by atoms with Crippen molar-refractivity contribution in [2.24, 2.45) is 17.6 Å². The van der Waals surface area contributed by atoms with E-state index >= 15 is 0 Å². The van der Waals surface area contributed by atoms with Gasteiger partial charge in [0.05, 0.1) is 24.5 Å². The predicted molar refractivity (Wildman–Crippen MR) is 266 cm³/mol. The van der Waals surface area contributed by atoms with Crippen molar-refractivity contribution in [1.29, 1.82) is 0 Å². The van der Waals surface area contributed by atoms with Gasteiger partial charge in [-0.1, -0.05) is 50.2 Å². The maximum Gasteiger partial charge on any atom is 0.415 e. The first-order chi connectivity index (χ1) is 35.2. The van der Waals surface area contributed by atoms with Crippen LogP contribution in [0.25, 0.3) is 0 Å². The van der Waals surface area contributed by atoms with Crippen LogP contribution in [0.4, 0.5) is 34.5 Å². The number of nitrogens with one attached hydrogen (secondary N) is 4. The molecule has 0 radical (unpaired) electrons. The number of carbonyl (C=O) groups excluding carboxylic acids is 7. The van der Waals surface area contributed by atoms with E-state index in [1.807, 2.05) is 0 Å². The van der Waals surface area contributed by atoms with E-state index in [2.05, 4.69) is 21.3 Å². The van der Waals surface area contributed by atoms with Crippen LogP contribution in [0.3, 0.4) is 0 Å². The van der Waals surface area contributed by atoms with E-state index < -0.39 is 96.0 Å². The molecule has 0 spiro atoms. The largest absolute Gasteiger partial charge is 0.481 e. The molecule has 1 saturated heterocycles. The number of nitrogens with two attached hydrogens (primary N) is 1. The van der Waals surface area contributed by atoms with Gasteiger partial charge in [0.25, 0.3) is 0 Å². The van der Waals surface area contributed by atoms with Crippen LogP contribution in [0.1, 0.15) is 81.2 Å². The maximum absolute atomic E-state index is 13.8. The molecular formula is C52H62F2N8O12. The Morgan fingerprint density at radius 1 is 0.770 bits per heavy atom. The van der Waals surface area contributed by atoms with Crippen molar-refractivity contribution in [1.82, 2.24) is 25.8 Å². The average Bonchev–Trinajstić information content (AvgIpc) is 3.36. The van der Waals surface area contributed by atoms with E-state index in [-0.39, 0.29) is 63.6 Å². The third-order valence-corrected chi connectivity index (χ3v) is 12.2. The lowest BCUT2D eigenvalue weighted by Crippen LogP contribution is -2.55. The van der Waals surface area contributed by atoms with E-state index in [9.17, 15) is 52.2 Å². The zero-order valence-corrected chi connectivity index (χ0v) is 41.4. The molecule has 0 aliphatic carbocycles. The molecule has 0 saturated carbocycles. The molecule has 20 nitrogen and oxygen atoms in total. The maximum atomic E-state index is 13.8. The van der Waals surface area contributed by atoms with E-state index in [0.717, 1.165) is 0 Å². The monoisotopic (exact) mass is 1030 g/mol. The summed E-state index contributed by atoms with van der Waals surface area (Å²) in [5.74, 6) is -4.94. The normalized spacial score (nSPS) is 15.1. The van der Waals surface area contributed by atoms with Crippen LogP contribution < -0.4 is 36.6 Å². The number of aliphatic carboxylic acids is 1. The number of ether oxygens (including phenoxy) is 2. The minimum Gasteiger partial charge on any atom is -0.481 e. The number of carboxylic acid groups (broad SMARTS) is 1. The Morgan fingerprint density at radius 3 is 1.97 bits per heavy atom. The van der Waals surface area contributed by atoms with Crippen molar-refractivity contribution in [3.63, 3.8) is 0 Å². The summed E-state index contributed by atoms with van der Waals surface area (Å²) in [6.07, 6.45) is -2.23. The topological polar surface area (TPSA) is 279 Å². The van der Waals surface area contributed by atoms with Gasteiger partial charge in [0, 0.05) is 51.5 Å². The molecular weight excluding hydrogens is 967 g/mol. The summed E-state index contributed by atoms with van der Waals surface area (Å²) in [5.41, 5.74) is 7.78. The number of urea groups is 1. The fourth-order valence-corrected chi connectivity index (χ4v) is 7.90. The number of halogens is 2. The number of benzene rings is 4. The van der Waals surface area contributed by atoms with Crippen molar-refractivity contribution in [2.45, 2.75) is 83.2 Å². The van der Waals surface area contributed by atoms with Crippen molar-refractivity contribution in [2.75, 3.05) is 43.9 Å². The number of likely N-dealkylation sites (N-methyl/N-ethyl adjacent to an activating group) is 2. The van der Waals surface area contributed by atoms with Crippen molar-refractivity contribution in [3.8, 4) is 5.75 Å². The van der Waals surface area contributed by atoms with Gasteiger partial charge >= 0.3 is 24.2 Å². The number of hydrogen-bond donors (Lipinski definition) is 7. The number of aliphatic hydroxyl groups is 1. The molecule has 396 valence electrons. The number of aliphatic hydroxyl groups excluding tert-OH is 1. The van der Waals surface area contributed by atoms with Crippen LogP contribution in [-0.4, -0.2) is 114 Å². The standard InChI is InChI=1S/C52H62F2N8O12/c1-31(2)45(59-43(64)25-26-44(65)66)48(68)58-41(6-5-27-56-50(55)70)47(67)57-37-17-7-32(8-18-37)30-73-51(71)60(3)28-29-61(4)52(72)74-39-21-11-34(12-22-39)46-40(23-24-42(63)33-9-13-35(53)14-10-33)49(69)62(46)38-19-15-36(54)16-20-38/h7-22,31,40-42,45-46,63H,5-6,23-30H2,1-4H3,(H,57,67)(H,58,68)(H,59,64)(H,65,66)(H3,55,56,70)/t40-,41+,42+,45+,46-/m1/s1. The fraction of sp³-hybridized carbons (Fsp3) is 0.385. The lowest BCUT2D eigenvalue weighted by Gasteiger charge is -2.48. The molecule has 5 atom stereocenters. The van der Waals surface area contributed by atoms with Gasteiger partial charge < -0.3 is 61.4 Å². The third-order valence-electron chi connectivity index (χ3n) is 12.2. The molecule has 0 bridgehead atoms. The lowest BCUT2D eigenvalue weighted by molar-refractivity contribution is -0.139. The van der Waals surface area contributed by atoms with Crippen LogP contribution in [-0.2, 0) is 35.3 Å². The van der Waals surface area contributed by atoms with E-state index in [1.165, 1.54) is 72.4 Å². The van der Waals surface area contributed by atoms with Gasteiger partial charge in [0.2, 0.25) is 23.6 Å². The van der Waals surface area contributed by atoms with Crippen LogP contribution in [0.5, 0.6) is 5.75 Å². The third kappa shape index (κ3) is 16.7. The molecule has 1 heterocycles. The summed E-state index contributed by atoms with van der Waals surface area (Å²) >= 11 is 0. The number of hydrogen-bond acceptors (Lipinski definition) is 11. The predicted octanol–water partition coefficient (Wildman–Crippen LogP) is 5.76. The molecule has 8 amide bonds. The minimum atomic E-state index is -1.17. The molecule has 22 heteroatoms. The lowest BCUT2D eigenvalue weighted by atomic mass is 9.78. The summed E-state index contributed by atoms with van der Waals surface area (Å²) in [6.45, 7) is 3.47. The summed E-state index contributed by atoms with van der Waals surface area (Å²) in [4.78, 5) is 105. The Labute approximate surface area is 426 Å². The fourth-order valence-electron chi connectivity index (χ4n) is 7.90. The van der Waals surface area contributed by atoms with Crippen molar-refractivity contribution >= 4 is 59.2 Å². The molecule has 1 fully saturated rings. The number of amides is 8. The van der Waals surface area contributed by atoms with Crippen LogP contribution in [0.15, 0.2) is 97.1 Å². The van der Waals surface area contributed by atoms with Crippen LogP contribution >= 0.6 is 0 Å². The number of carbonyl (C=O) groups is 8. The second-order valence-corrected chi connectivity index (χ2v) is 18.1. The Kier molecular flexibility index (Phi) is 20.8. The molecule has 1 aliphatic heterocycles. The highest BCUT2D eigenvalue weighted by Crippen LogP contribution is 2.46. The molecule has 5 rings (SSSR count). The van der Waals surface area contributed by atoms with Crippen LogP contribution in [0, 0.1) is 23.5 Å². The van der Waals surface area contributed by atoms with Gasteiger partial charge in [0.15, 0.2) is 0 Å². The van der Waals surface area contributed by atoms with E-state index in [4.69, 9.17) is 20.3 Å². The number of carboxylic acids is 1. The number of rotatable bonds is 25. The first kappa shape index (κ1) is 56.8. The SMILES string of the molecule is CC(C)[C@H](NC(=O)CCC(=O)O)C(=O)N[C@@H](CCCNC(N)=O)C(=O)Nc1ccc(COC(=O)N(C)CCN(C)C(=O)Oc2ccc([C@@H]3[C@@H](CC[C@H](O)c4ccc(F)cc4)C(=O)N3c3ccc(F)cc3)cc2)cc1. The number of primary amides is 1. The highest BCUT2D eigenvalue weighted by Gasteiger charge is 2.48. The Bertz CT molecular complexity index is 2590. The Morgan fingerprint density at radius 2 is 1.38 bits per heavy atom. The summed E-state index contributed by atoms with van der Waals surface area (Å²) in [5, 5.41) is 30.0. The highest BCUT2D eigenvalue weighted by molar-refractivity contribution is 6.03. The van der Waals surface area contributed by atoms with E-state index in [1.54, 1.807) is 67.3 Å². The smallest absolute Gasteiger partial charge is 0.415 e. The van der Waals surface area contributed by atoms with Gasteiger partial charge in [-0.05, 0) is 109 Å². The molecule has 0 aromatic heterocycles. The van der Waals surface area contributed by atoms with E-state index in [0.29, 0.717) is 34.5 Å². The Hall–Kier alpha value is -8.14. The van der Waals surface area contributed by atoms with Gasteiger partial charge in [-0.2, -0.15) is 0 Å². The number of nitrogens with zero attached hydrogens (tertiary/aromatic N) is 3. The Balaban J connectivity index is 1.09. The summed E-state index contributed by atoms with van der Waals surface area (Å²) < 4.78 is 38.3. The molecule has 4 aromatic carbocycles. The molecule has 4 aromatic rings. The van der Waals surface area contributed by atoms with Gasteiger partial charge in [0.1, 0.15) is 36.1 Å². The highest BCUT2D eigenvalue weighted by atomic mass is 19.1. The quantitative estimate of drug-likeness (QED) is 0.0308. The molecule has 0 unspecified atom stereocenters. The first-order valence-corrected chi connectivity index (χ1v) is 23.9. The van der Waals surface area contributed by atoms with Crippen molar-refractivity contribution < 1.29 is 66.8 Å². The van der Waals surface area contributed by atoms with Crippen LogP contribution in [0.2, 0.25) is 0 Å². The summed E-state index contributed by atoms with van der Waals surface area (Å²) in [6, 6.07) is 20.5. The first-order valence-electron chi connectivity index (χ1n) is 23.9. The average molecular weight is 1030 g/mol. The number of β-lactam (4-membered cyclic amide) rings is 1. The molecule has 1 aliphatic rings. The second kappa shape index (κ2) is 27.1. The molecule has 74 heavy (non-hydrogen) atoms. The second-order valence-electron chi connectivity index (χ2n) is 18.1.